The summed E-state index contributed by atoms with van der Waals surface area (Å²) < 4.78 is 6.88. The molecule has 0 saturated carbocycles. The molecule has 0 aliphatic carbocycles. The lowest BCUT2D eigenvalue weighted by atomic mass is 10.0. The fourth-order valence-corrected chi connectivity index (χ4v) is 3.30. The Hall–Kier alpha value is -0.910. The highest BCUT2D eigenvalue weighted by Crippen LogP contribution is 2.26. The molecule has 0 bridgehead atoms. The van der Waals surface area contributed by atoms with Crippen molar-refractivity contribution >= 4 is 21.8 Å². The van der Waals surface area contributed by atoms with Crippen molar-refractivity contribution < 1.29 is 9.53 Å². The third-order valence-corrected chi connectivity index (χ3v) is 4.50. The van der Waals surface area contributed by atoms with Gasteiger partial charge in [-0.3, -0.25) is 4.79 Å². The zero-order valence-corrected chi connectivity index (χ0v) is 12.9. The number of benzene rings is 1. The van der Waals surface area contributed by atoms with Crippen LogP contribution in [0.3, 0.4) is 0 Å². The molecule has 2 saturated heterocycles. The fourth-order valence-electron chi connectivity index (χ4n) is 2.88. The van der Waals surface area contributed by atoms with Crippen molar-refractivity contribution in [3.05, 3.63) is 34.3 Å². The predicted molar refractivity (Wildman–Crippen MR) is 80.4 cm³/mol. The highest BCUT2D eigenvalue weighted by Gasteiger charge is 2.31. The molecule has 2 unspecified atom stereocenters. The lowest BCUT2D eigenvalue weighted by Gasteiger charge is -2.34. The summed E-state index contributed by atoms with van der Waals surface area (Å²) >= 11 is 3.48. The van der Waals surface area contributed by atoms with E-state index in [2.05, 4.69) is 33.4 Å². The Labute approximate surface area is 127 Å². The van der Waals surface area contributed by atoms with Gasteiger partial charge in [0.05, 0.1) is 19.1 Å². The topological polar surface area (TPSA) is 41.6 Å². The van der Waals surface area contributed by atoms with Crippen LogP contribution in [-0.4, -0.2) is 43.6 Å². The summed E-state index contributed by atoms with van der Waals surface area (Å²) in [5, 5.41) is 3.26. The van der Waals surface area contributed by atoms with Crippen molar-refractivity contribution in [3.8, 4) is 0 Å². The number of nitrogens with one attached hydrogen (secondary N) is 1. The van der Waals surface area contributed by atoms with Crippen LogP contribution in [0.5, 0.6) is 0 Å². The first-order valence-corrected chi connectivity index (χ1v) is 7.90. The molecular formula is C15H19BrN2O2. The zero-order chi connectivity index (χ0) is 13.9. The van der Waals surface area contributed by atoms with E-state index >= 15 is 0 Å². The number of hydrogen-bond donors (Lipinski definition) is 1. The maximum absolute atomic E-state index is 12.5. The van der Waals surface area contributed by atoms with Gasteiger partial charge in [-0.1, -0.05) is 28.1 Å². The first-order chi connectivity index (χ1) is 9.74. The first kappa shape index (κ1) is 14.0. The van der Waals surface area contributed by atoms with Crippen molar-refractivity contribution in [1.82, 2.24) is 10.2 Å². The van der Waals surface area contributed by atoms with Gasteiger partial charge in [-0.15, -0.1) is 0 Å². The van der Waals surface area contributed by atoms with E-state index in [1.165, 1.54) is 0 Å². The van der Waals surface area contributed by atoms with Crippen LogP contribution in [0.4, 0.5) is 0 Å². The fraction of sp³-hybridized carbons (Fsp3) is 0.533. The van der Waals surface area contributed by atoms with Gasteiger partial charge in [0.15, 0.2) is 0 Å². The lowest BCUT2D eigenvalue weighted by molar-refractivity contribution is -0.142. The van der Waals surface area contributed by atoms with Crippen LogP contribution in [0.2, 0.25) is 0 Å². The number of carbonyl (C=O) groups excluding carboxylic acids is 1. The number of amides is 1. The molecule has 0 spiro atoms. The predicted octanol–water partition coefficient (Wildman–Crippen LogP) is 1.96. The molecule has 2 aliphatic rings. The van der Waals surface area contributed by atoms with Gasteiger partial charge in [0.2, 0.25) is 5.91 Å². The van der Waals surface area contributed by atoms with Gasteiger partial charge in [-0.2, -0.15) is 0 Å². The van der Waals surface area contributed by atoms with Gasteiger partial charge in [0, 0.05) is 17.6 Å². The highest BCUT2D eigenvalue weighted by molar-refractivity contribution is 9.10. The summed E-state index contributed by atoms with van der Waals surface area (Å²) in [6.07, 6.45) is 0.942. The molecular weight excluding hydrogens is 320 g/mol. The monoisotopic (exact) mass is 338 g/mol. The largest absolute Gasteiger partial charge is 0.370 e. The van der Waals surface area contributed by atoms with E-state index in [9.17, 15) is 4.79 Å². The number of rotatable bonds is 2. The average Bonchev–Trinajstić information content (AvgIpc) is 3.01. The van der Waals surface area contributed by atoms with Gasteiger partial charge < -0.3 is 15.0 Å². The Morgan fingerprint density at radius 2 is 2.35 bits per heavy atom. The molecule has 1 amide bonds. The van der Waals surface area contributed by atoms with Gasteiger partial charge in [-0.25, -0.2) is 0 Å². The molecule has 2 aliphatic heterocycles. The third kappa shape index (κ3) is 3.05. The number of halogens is 1. The summed E-state index contributed by atoms with van der Waals surface area (Å²) in [5.41, 5.74) is 1.13. The van der Waals surface area contributed by atoms with Crippen LogP contribution in [0.25, 0.3) is 0 Å². The maximum Gasteiger partial charge on any atom is 0.227 e. The van der Waals surface area contributed by atoms with E-state index in [-0.39, 0.29) is 17.9 Å². The normalized spacial score (nSPS) is 26.8. The molecule has 3 rings (SSSR count). The Bertz CT molecular complexity index is 489. The van der Waals surface area contributed by atoms with Gasteiger partial charge in [-0.05, 0) is 30.7 Å². The minimum absolute atomic E-state index is 0.0143. The number of carbonyl (C=O) groups is 1. The molecule has 5 heteroatoms. The average molecular weight is 339 g/mol. The number of morpholine rings is 1. The van der Waals surface area contributed by atoms with Crippen LogP contribution in [0.15, 0.2) is 28.7 Å². The molecule has 0 radical (unpaired) electrons. The van der Waals surface area contributed by atoms with Crippen molar-refractivity contribution in [2.45, 2.75) is 12.5 Å². The second-order valence-electron chi connectivity index (χ2n) is 5.39. The van der Waals surface area contributed by atoms with Crippen LogP contribution in [0.1, 0.15) is 18.1 Å². The molecule has 1 N–H and O–H groups in total. The molecule has 1 aromatic carbocycles. The zero-order valence-electron chi connectivity index (χ0n) is 11.3. The second-order valence-corrected chi connectivity index (χ2v) is 6.30. The van der Waals surface area contributed by atoms with Crippen LogP contribution < -0.4 is 5.32 Å². The molecule has 2 heterocycles. The van der Waals surface area contributed by atoms with E-state index in [0.717, 1.165) is 29.5 Å². The van der Waals surface area contributed by atoms with Crippen molar-refractivity contribution in [3.63, 3.8) is 0 Å². The maximum atomic E-state index is 12.5. The Morgan fingerprint density at radius 3 is 3.10 bits per heavy atom. The van der Waals surface area contributed by atoms with Crippen molar-refractivity contribution in [2.24, 2.45) is 5.92 Å². The standard InChI is InChI=1S/C15H19BrN2O2/c16-13-3-1-2-11(8-13)14-10-18(6-7-20-14)15(19)12-4-5-17-9-12/h1-3,8,12,14,17H,4-7,9-10H2. The molecule has 4 nitrogen and oxygen atoms in total. The minimum Gasteiger partial charge on any atom is -0.370 e. The Morgan fingerprint density at radius 1 is 1.45 bits per heavy atom. The summed E-state index contributed by atoms with van der Waals surface area (Å²) in [6, 6.07) is 8.13. The number of ether oxygens (including phenoxy) is 1. The molecule has 20 heavy (non-hydrogen) atoms. The molecule has 1 aromatic rings. The molecule has 2 atom stereocenters. The Balaban J connectivity index is 1.68. The third-order valence-electron chi connectivity index (χ3n) is 4.01. The van der Waals surface area contributed by atoms with E-state index < -0.39 is 0 Å². The quantitative estimate of drug-likeness (QED) is 0.896. The summed E-state index contributed by atoms with van der Waals surface area (Å²) in [7, 11) is 0. The van der Waals surface area contributed by atoms with E-state index in [4.69, 9.17) is 4.74 Å². The summed E-state index contributed by atoms with van der Waals surface area (Å²) in [5.74, 6) is 0.426. The molecule has 108 valence electrons. The van der Waals surface area contributed by atoms with E-state index in [1.807, 2.05) is 17.0 Å². The van der Waals surface area contributed by atoms with Gasteiger partial charge >= 0.3 is 0 Å². The summed E-state index contributed by atoms with van der Waals surface area (Å²) in [4.78, 5) is 14.4. The molecule has 0 aromatic heterocycles. The number of nitrogens with zero attached hydrogens (tertiary/aromatic N) is 1. The van der Waals surface area contributed by atoms with E-state index in [0.29, 0.717) is 19.7 Å². The van der Waals surface area contributed by atoms with Crippen molar-refractivity contribution in [2.75, 3.05) is 32.8 Å². The van der Waals surface area contributed by atoms with Gasteiger partial charge in [0.1, 0.15) is 6.10 Å². The van der Waals surface area contributed by atoms with Crippen LogP contribution >= 0.6 is 15.9 Å². The Kier molecular flexibility index (Phi) is 4.38. The first-order valence-electron chi connectivity index (χ1n) is 7.10. The molecule has 2 fully saturated rings. The lowest BCUT2D eigenvalue weighted by Crippen LogP contribution is -2.45. The van der Waals surface area contributed by atoms with Gasteiger partial charge in [0.25, 0.3) is 0 Å². The highest BCUT2D eigenvalue weighted by atomic mass is 79.9. The second kappa shape index (κ2) is 6.24. The summed E-state index contributed by atoms with van der Waals surface area (Å²) in [6.45, 7) is 3.75. The number of hydrogen-bond acceptors (Lipinski definition) is 3. The van der Waals surface area contributed by atoms with E-state index in [1.54, 1.807) is 0 Å². The van der Waals surface area contributed by atoms with Crippen LogP contribution in [-0.2, 0) is 9.53 Å². The van der Waals surface area contributed by atoms with Crippen molar-refractivity contribution in [1.29, 1.82) is 0 Å². The SMILES string of the molecule is O=C(C1CCNC1)N1CCOC(c2cccc(Br)c2)C1. The minimum atomic E-state index is -0.0143. The smallest absolute Gasteiger partial charge is 0.227 e. The van der Waals surface area contributed by atoms with Crippen LogP contribution in [0, 0.1) is 5.92 Å².